The predicted octanol–water partition coefficient (Wildman–Crippen LogP) is 8.41. The monoisotopic (exact) mass is 490 g/mol. The molecule has 4 aromatic rings. The highest BCUT2D eigenvalue weighted by Crippen LogP contribution is 2.25. The summed E-state index contributed by atoms with van der Waals surface area (Å²) in [4.78, 5) is 0. The number of hydrogen-bond donors (Lipinski definition) is 0. The van der Waals surface area contributed by atoms with Gasteiger partial charge in [0.25, 0.3) is 0 Å². The molecule has 5 heteroatoms. The second-order valence-corrected chi connectivity index (χ2v) is 8.72. The number of ether oxygens (including phenoxy) is 1. The number of hydrogen-bond acceptors (Lipinski definition) is 1. The molecule has 0 aliphatic rings. The van der Waals surface area contributed by atoms with Crippen molar-refractivity contribution in [3.8, 4) is 17.6 Å². The van der Waals surface area contributed by atoms with E-state index in [9.17, 15) is 13.2 Å². The van der Waals surface area contributed by atoms with E-state index in [0.717, 1.165) is 28.5 Å². The Hall–Kier alpha value is -3.78. The molecule has 4 aromatic carbocycles. The molecule has 4 rings (SSSR count). The summed E-state index contributed by atoms with van der Waals surface area (Å²) in [5, 5.41) is 1.29. The SMILES string of the molecule is CCCCc1ccc(C#Cc2ccc3c(F)c(CCc4ccc(OC(F)(F)F)cc4)ccc3c2)cc1. The molecule has 0 fully saturated rings. The molecule has 0 saturated carbocycles. The van der Waals surface area contributed by atoms with Crippen molar-refractivity contribution < 1.29 is 22.3 Å². The number of aryl methyl sites for hydroxylation is 3. The summed E-state index contributed by atoms with van der Waals surface area (Å²) < 4.78 is 56.0. The molecule has 0 atom stereocenters. The Bertz CT molecular complexity index is 1380. The third-order valence-electron chi connectivity index (χ3n) is 6.00. The molecular formula is C31H26F4O. The van der Waals surface area contributed by atoms with Gasteiger partial charge in [-0.2, -0.15) is 0 Å². The van der Waals surface area contributed by atoms with Crippen LogP contribution in [0.15, 0.2) is 78.9 Å². The molecule has 0 aliphatic heterocycles. The fourth-order valence-electron chi connectivity index (χ4n) is 4.02. The third kappa shape index (κ3) is 6.88. The van der Waals surface area contributed by atoms with Gasteiger partial charge in [-0.25, -0.2) is 4.39 Å². The van der Waals surface area contributed by atoms with Gasteiger partial charge in [-0.1, -0.05) is 67.6 Å². The Morgan fingerprint density at radius 2 is 1.36 bits per heavy atom. The maximum Gasteiger partial charge on any atom is 0.573 e. The molecule has 0 heterocycles. The number of alkyl halides is 3. The molecule has 184 valence electrons. The average Bonchev–Trinajstić information content (AvgIpc) is 2.86. The first kappa shape index (κ1) is 25.3. The van der Waals surface area contributed by atoms with Crippen LogP contribution in [0.2, 0.25) is 0 Å². The molecule has 36 heavy (non-hydrogen) atoms. The highest BCUT2D eigenvalue weighted by molar-refractivity contribution is 5.85. The smallest absolute Gasteiger partial charge is 0.406 e. The van der Waals surface area contributed by atoms with E-state index < -0.39 is 6.36 Å². The number of halogens is 4. The van der Waals surface area contributed by atoms with Crippen LogP contribution >= 0.6 is 0 Å². The lowest BCUT2D eigenvalue weighted by molar-refractivity contribution is -0.274. The van der Waals surface area contributed by atoms with Crippen molar-refractivity contribution in [3.63, 3.8) is 0 Å². The van der Waals surface area contributed by atoms with Crippen molar-refractivity contribution in [2.75, 3.05) is 0 Å². The van der Waals surface area contributed by atoms with Crippen molar-refractivity contribution in [2.45, 2.75) is 45.4 Å². The first-order valence-corrected chi connectivity index (χ1v) is 12.0. The molecular weight excluding hydrogens is 464 g/mol. The van der Waals surface area contributed by atoms with Crippen LogP contribution in [0.25, 0.3) is 10.8 Å². The average molecular weight is 491 g/mol. The van der Waals surface area contributed by atoms with Crippen LogP contribution in [0.3, 0.4) is 0 Å². The van der Waals surface area contributed by atoms with E-state index in [4.69, 9.17) is 0 Å². The summed E-state index contributed by atoms with van der Waals surface area (Å²) in [6, 6.07) is 23.0. The third-order valence-corrected chi connectivity index (χ3v) is 6.00. The van der Waals surface area contributed by atoms with Crippen LogP contribution < -0.4 is 4.74 Å². The minimum atomic E-state index is -4.72. The minimum absolute atomic E-state index is 0.272. The summed E-state index contributed by atoms with van der Waals surface area (Å²) in [5.74, 6) is 5.78. The molecule has 1 nitrogen and oxygen atoms in total. The molecule has 0 bridgehead atoms. The van der Waals surface area contributed by atoms with Crippen molar-refractivity contribution in [2.24, 2.45) is 0 Å². The van der Waals surface area contributed by atoms with Crippen LogP contribution in [0, 0.1) is 17.7 Å². The van der Waals surface area contributed by atoms with E-state index in [1.807, 2.05) is 30.3 Å². The topological polar surface area (TPSA) is 9.23 Å². The second kappa shape index (κ2) is 11.3. The standard InChI is InChI=1S/C31H26F4O/c1-2-3-4-22-5-7-23(8-6-22)9-10-25-14-20-29-27(21-25)17-16-26(30(29)32)15-11-24-12-18-28(19-13-24)36-31(33,34)35/h5-8,12-14,16-21H,2-4,11,15H2,1H3. The van der Waals surface area contributed by atoms with E-state index in [0.29, 0.717) is 23.8 Å². The second-order valence-electron chi connectivity index (χ2n) is 8.72. The molecule has 0 spiro atoms. The molecule has 0 aliphatic carbocycles. The fraction of sp³-hybridized carbons (Fsp3) is 0.226. The molecule has 0 N–H and O–H groups in total. The quantitative estimate of drug-likeness (QED) is 0.187. The van der Waals surface area contributed by atoms with Gasteiger partial charge in [-0.15, -0.1) is 13.2 Å². The minimum Gasteiger partial charge on any atom is -0.406 e. The Morgan fingerprint density at radius 1 is 0.722 bits per heavy atom. The molecule has 0 aromatic heterocycles. The van der Waals surface area contributed by atoms with Gasteiger partial charge in [0.2, 0.25) is 0 Å². The van der Waals surface area contributed by atoms with Crippen LogP contribution in [0.4, 0.5) is 17.6 Å². The van der Waals surface area contributed by atoms with Crippen molar-refractivity contribution in [3.05, 3.63) is 112 Å². The first-order valence-electron chi connectivity index (χ1n) is 12.0. The van der Waals surface area contributed by atoms with E-state index >= 15 is 4.39 Å². The lowest BCUT2D eigenvalue weighted by atomic mass is 9.99. The Kier molecular flexibility index (Phi) is 7.95. The van der Waals surface area contributed by atoms with Gasteiger partial charge >= 0.3 is 6.36 Å². The van der Waals surface area contributed by atoms with E-state index in [1.165, 1.54) is 30.5 Å². The highest BCUT2D eigenvalue weighted by atomic mass is 19.4. The zero-order valence-corrected chi connectivity index (χ0v) is 20.0. The van der Waals surface area contributed by atoms with Crippen molar-refractivity contribution in [1.82, 2.24) is 0 Å². The zero-order valence-electron chi connectivity index (χ0n) is 20.0. The van der Waals surface area contributed by atoms with Gasteiger partial charge < -0.3 is 4.74 Å². The summed E-state index contributed by atoms with van der Waals surface area (Å²) in [6.07, 6.45) is -0.378. The maximum atomic E-state index is 15.1. The Morgan fingerprint density at radius 3 is 2.06 bits per heavy atom. The summed E-state index contributed by atoms with van der Waals surface area (Å²) >= 11 is 0. The van der Waals surface area contributed by atoms with Gasteiger partial charge in [0.1, 0.15) is 11.6 Å². The van der Waals surface area contributed by atoms with Gasteiger partial charge in [-0.3, -0.25) is 0 Å². The van der Waals surface area contributed by atoms with Gasteiger partial charge in [0.15, 0.2) is 0 Å². The highest BCUT2D eigenvalue weighted by Gasteiger charge is 2.30. The van der Waals surface area contributed by atoms with Crippen LogP contribution in [0.5, 0.6) is 5.75 Å². The summed E-state index contributed by atoms with van der Waals surface area (Å²) in [6.45, 7) is 2.18. The van der Waals surface area contributed by atoms with E-state index in [1.54, 1.807) is 24.3 Å². The summed E-state index contributed by atoms with van der Waals surface area (Å²) in [7, 11) is 0. The normalized spacial score (nSPS) is 11.2. The van der Waals surface area contributed by atoms with Gasteiger partial charge in [-0.05, 0) is 84.2 Å². The van der Waals surface area contributed by atoms with Crippen LogP contribution in [0.1, 0.15) is 47.6 Å². The van der Waals surface area contributed by atoms with E-state index in [-0.39, 0.29) is 11.6 Å². The van der Waals surface area contributed by atoms with Crippen LogP contribution in [-0.2, 0) is 19.3 Å². The number of unbranched alkanes of at least 4 members (excludes halogenated alkanes) is 1. The molecule has 0 amide bonds. The van der Waals surface area contributed by atoms with Crippen LogP contribution in [-0.4, -0.2) is 6.36 Å². The van der Waals surface area contributed by atoms with Gasteiger partial charge in [0, 0.05) is 16.5 Å². The summed E-state index contributed by atoms with van der Waals surface area (Å²) in [5.41, 5.74) is 4.42. The van der Waals surface area contributed by atoms with Gasteiger partial charge in [0.05, 0.1) is 0 Å². The number of rotatable bonds is 7. The Balaban J connectivity index is 1.43. The lowest BCUT2D eigenvalue weighted by Gasteiger charge is -2.10. The van der Waals surface area contributed by atoms with Crippen molar-refractivity contribution in [1.29, 1.82) is 0 Å². The largest absolute Gasteiger partial charge is 0.573 e. The van der Waals surface area contributed by atoms with E-state index in [2.05, 4.69) is 35.6 Å². The maximum absolute atomic E-state index is 15.1. The van der Waals surface area contributed by atoms with Crippen molar-refractivity contribution >= 4 is 10.8 Å². The number of benzene rings is 4. The Labute approximate surface area is 208 Å². The molecule has 0 saturated heterocycles. The lowest BCUT2D eigenvalue weighted by Crippen LogP contribution is -2.17. The molecule has 0 unspecified atom stereocenters. The number of fused-ring (bicyclic) bond motifs is 1. The molecule has 0 radical (unpaired) electrons. The zero-order chi connectivity index (χ0) is 25.5. The predicted molar refractivity (Wildman–Crippen MR) is 135 cm³/mol. The fourth-order valence-corrected chi connectivity index (χ4v) is 4.02. The first-order chi connectivity index (χ1) is 17.3.